The molecule has 1 aromatic heterocycles. The van der Waals surface area contributed by atoms with E-state index in [1.54, 1.807) is 32.2 Å². The molecule has 0 spiro atoms. The van der Waals surface area contributed by atoms with Crippen molar-refractivity contribution in [2.45, 2.75) is 13.0 Å². The Labute approximate surface area is 127 Å². The molecule has 0 aliphatic heterocycles. The van der Waals surface area contributed by atoms with Crippen LogP contribution < -0.4 is 5.73 Å². The van der Waals surface area contributed by atoms with Gasteiger partial charge in [-0.3, -0.25) is 4.79 Å². The highest BCUT2D eigenvalue weighted by atomic mass is 35.5. The number of nitrogens with zero attached hydrogens (tertiary/aromatic N) is 2. The van der Waals surface area contributed by atoms with Gasteiger partial charge in [0.15, 0.2) is 0 Å². The number of amides is 1. The average molecular weight is 308 g/mol. The molecule has 1 amide bonds. The van der Waals surface area contributed by atoms with Crippen LogP contribution in [0.15, 0.2) is 36.4 Å². The second kappa shape index (κ2) is 6.10. The molecule has 1 unspecified atom stereocenters. The molecule has 0 aliphatic rings. The molecule has 21 heavy (non-hydrogen) atoms. The van der Waals surface area contributed by atoms with Crippen LogP contribution in [0, 0.1) is 5.82 Å². The Bertz CT molecular complexity index is 657. The molecule has 0 radical (unpaired) electrons. The molecular formula is C15H15ClFN3O. The summed E-state index contributed by atoms with van der Waals surface area (Å²) in [4.78, 5) is 17.7. The highest BCUT2D eigenvalue weighted by Crippen LogP contribution is 2.24. The first-order chi connectivity index (χ1) is 9.90. The van der Waals surface area contributed by atoms with E-state index >= 15 is 0 Å². The minimum atomic E-state index is -0.424. The van der Waals surface area contributed by atoms with Crippen molar-refractivity contribution in [2.75, 3.05) is 12.8 Å². The van der Waals surface area contributed by atoms with Gasteiger partial charge in [-0.25, -0.2) is 9.37 Å². The number of carbonyl (C=O) groups is 1. The predicted molar refractivity (Wildman–Crippen MR) is 80.6 cm³/mol. The topological polar surface area (TPSA) is 59.2 Å². The summed E-state index contributed by atoms with van der Waals surface area (Å²) >= 11 is 5.80. The van der Waals surface area contributed by atoms with Gasteiger partial charge in [-0.1, -0.05) is 29.8 Å². The minimum Gasteiger partial charge on any atom is -0.384 e. The number of hydrogen-bond acceptors (Lipinski definition) is 3. The van der Waals surface area contributed by atoms with Crippen LogP contribution >= 0.6 is 11.6 Å². The minimum absolute atomic E-state index is 0.144. The number of nitrogens with two attached hydrogens (primary N) is 1. The van der Waals surface area contributed by atoms with Gasteiger partial charge in [0.25, 0.3) is 5.91 Å². The zero-order valence-electron chi connectivity index (χ0n) is 11.7. The molecule has 1 heterocycles. The number of hydrogen-bond donors (Lipinski definition) is 1. The lowest BCUT2D eigenvalue weighted by Crippen LogP contribution is -2.30. The van der Waals surface area contributed by atoms with Gasteiger partial charge in [0, 0.05) is 18.2 Å². The van der Waals surface area contributed by atoms with Gasteiger partial charge in [0.2, 0.25) is 0 Å². The van der Waals surface area contributed by atoms with Gasteiger partial charge < -0.3 is 10.6 Å². The summed E-state index contributed by atoms with van der Waals surface area (Å²) in [5, 5.41) is 0.144. The third-order valence-electron chi connectivity index (χ3n) is 3.32. The third kappa shape index (κ3) is 3.31. The zero-order chi connectivity index (χ0) is 15.6. The molecule has 2 rings (SSSR count). The van der Waals surface area contributed by atoms with Crippen molar-refractivity contribution in [3.05, 3.63) is 58.5 Å². The maximum Gasteiger partial charge on any atom is 0.254 e. The number of pyridine rings is 1. The standard InChI is InChI=1S/C15H15ClFN3O/c1-9(11-5-3-4-6-12(11)17)20(2)15(21)10-7-13(16)19-14(18)8-10/h3-9H,1-2H3,(H2,18,19). The number of anilines is 1. The SMILES string of the molecule is CC(c1ccccc1F)N(C)C(=O)c1cc(N)nc(Cl)c1. The largest absolute Gasteiger partial charge is 0.384 e. The van der Waals surface area contributed by atoms with Crippen LogP contribution in [0.4, 0.5) is 10.2 Å². The summed E-state index contributed by atoms with van der Waals surface area (Å²) in [6, 6.07) is 8.81. The van der Waals surface area contributed by atoms with Gasteiger partial charge in [-0.2, -0.15) is 0 Å². The van der Waals surface area contributed by atoms with Crippen molar-refractivity contribution in [1.82, 2.24) is 9.88 Å². The van der Waals surface area contributed by atoms with E-state index in [9.17, 15) is 9.18 Å². The Morgan fingerprint density at radius 1 is 1.38 bits per heavy atom. The molecular weight excluding hydrogens is 293 g/mol. The van der Waals surface area contributed by atoms with Crippen LogP contribution in [0.2, 0.25) is 5.15 Å². The molecule has 0 aliphatic carbocycles. The van der Waals surface area contributed by atoms with Gasteiger partial charge in [0.05, 0.1) is 6.04 Å². The van der Waals surface area contributed by atoms with Crippen molar-refractivity contribution < 1.29 is 9.18 Å². The summed E-state index contributed by atoms with van der Waals surface area (Å²) < 4.78 is 13.8. The number of aromatic nitrogens is 1. The van der Waals surface area contributed by atoms with Crippen LogP contribution in [-0.2, 0) is 0 Å². The molecule has 1 aromatic carbocycles. The lowest BCUT2D eigenvalue weighted by molar-refractivity contribution is 0.0740. The van der Waals surface area contributed by atoms with Crippen LogP contribution in [0.25, 0.3) is 0 Å². The third-order valence-corrected chi connectivity index (χ3v) is 3.51. The van der Waals surface area contributed by atoms with E-state index in [2.05, 4.69) is 4.98 Å². The number of halogens is 2. The van der Waals surface area contributed by atoms with E-state index in [1.807, 2.05) is 0 Å². The van der Waals surface area contributed by atoms with E-state index < -0.39 is 6.04 Å². The van der Waals surface area contributed by atoms with Crippen LogP contribution in [0.5, 0.6) is 0 Å². The fourth-order valence-corrected chi connectivity index (χ4v) is 2.26. The van der Waals surface area contributed by atoms with E-state index in [1.165, 1.54) is 23.1 Å². The summed E-state index contributed by atoms with van der Waals surface area (Å²) in [5.41, 5.74) is 6.35. The zero-order valence-corrected chi connectivity index (χ0v) is 12.4. The van der Waals surface area contributed by atoms with Gasteiger partial charge in [-0.05, 0) is 25.1 Å². The molecule has 4 nitrogen and oxygen atoms in total. The van der Waals surface area contributed by atoms with Crippen molar-refractivity contribution >= 4 is 23.3 Å². The molecule has 0 bridgehead atoms. The molecule has 6 heteroatoms. The van der Waals surface area contributed by atoms with Crippen LogP contribution in [0.3, 0.4) is 0 Å². The number of rotatable bonds is 3. The second-order valence-corrected chi connectivity index (χ2v) is 5.10. The fraction of sp³-hybridized carbons (Fsp3) is 0.200. The van der Waals surface area contributed by atoms with E-state index in [4.69, 9.17) is 17.3 Å². The summed E-state index contributed by atoms with van der Waals surface area (Å²) in [6.07, 6.45) is 0. The first-order valence-electron chi connectivity index (χ1n) is 6.35. The van der Waals surface area contributed by atoms with Crippen molar-refractivity contribution in [3.63, 3.8) is 0 Å². The Hall–Kier alpha value is -2.14. The lowest BCUT2D eigenvalue weighted by atomic mass is 10.1. The normalized spacial score (nSPS) is 12.0. The Morgan fingerprint density at radius 3 is 2.67 bits per heavy atom. The van der Waals surface area contributed by atoms with E-state index in [0.29, 0.717) is 11.1 Å². The Balaban J connectivity index is 2.28. The maximum absolute atomic E-state index is 13.8. The van der Waals surface area contributed by atoms with E-state index in [0.717, 1.165) is 0 Å². The maximum atomic E-state index is 13.8. The van der Waals surface area contributed by atoms with E-state index in [-0.39, 0.29) is 22.7 Å². The quantitative estimate of drug-likeness (QED) is 0.885. The smallest absolute Gasteiger partial charge is 0.254 e. The highest BCUT2D eigenvalue weighted by Gasteiger charge is 2.21. The fourth-order valence-electron chi connectivity index (χ4n) is 2.04. The lowest BCUT2D eigenvalue weighted by Gasteiger charge is -2.25. The molecule has 2 aromatic rings. The first kappa shape index (κ1) is 15.3. The predicted octanol–water partition coefficient (Wildman–Crippen LogP) is 3.29. The molecule has 0 saturated carbocycles. The van der Waals surface area contributed by atoms with Crippen molar-refractivity contribution in [2.24, 2.45) is 0 Å². The summed E-state index contributed by atoms with van der Waals surface area (Å²) in [6.45, 7) is 1.75. The van der Waals surface area contributed by atoms with Crippen molar-refractivity contribution in [3.8, 4) is 0 Å². The van der Waals surface area contributed by atoms with Gasteiger partial charge >= 0.3 is 0 Å². The summed E-state index contributed by atoms with van der Waals surface area (Å²) in [7, 11) is 1.60. The van der Waals surface area contributed by atoms with Gasteiger partial charge in [-0.15, -0.1) is 0 Å². The molecule has 0 fully saturated rings. The molecule has 110 valence electrons. The Kier molecular flexibility index (Phi) is 4.43. The average Bonchev–Trinajstić information content (AvgIpc) is 2.44. The second-order valence-electron chi connectivity index (χ2n) is 4.72. The number of benzene rings is 1. The van der Waals surface area contributed by atoms with Gasteiger partial charge in [0.1, 0.15) is 16.8 Å². The first-order valence-corrected chi connectivity index (χ1v) is 6.72. The highest BCUT2D eigenvalue weighted by molar-refractivity contribution is 6.29. The molecule has 0 saturated heterocycles. The monoisotopic (exact) mass is 307 g/mol. The van der Waals surface area contributed by atoms with Crippen molar-refractivity contribution in [1.29, 1.82) is 0 Å². The van der Waals surface area contributed by atoms with Crippen LogP contribution in [-0.4, -0.2) is 22.8 Å². The number of carbonyl (C=O) groups excluding carboxylic acids is 1. The summed E-state index contributed by atoms with van der Waals surface area (Å²) in [5.74, 6) is -0.489. The molecule has 2 N–H and O–H groups in total. The Morgan fingerprint density at radius 2 is 2.05 bits per heavy atom. The number of nitrogen functional groups attached to an aromatic ring is 1. The molecule has 1 atom stereocenters. The van der Waals surface area contributed by atoms with Crippen LogP contribution in [0.1, 0.15) is 28.9 Å².